The van der Waals surface area contributed by atoms with E-state index in [1.807, 2.05) is 32.0 Å². The van der Waals surface area contributed by atoms with Crippen molar-refractivity contribution < 1.29 is 23.8 Å². The Hall–Kier alpha value is -3.67. The van der Waals surface area contributed by atoms with Crippen LogP contribution < -0.4 is 25.4 Å². The van der Waals surface area contributed by atoms with Crippen LogP contribution >= 0.6 is 11.3 Å². The minimum absolute atomic E-state index is 0.123. The van der Waals surface area contributed by atoms with Crippen LogP contribution in [0.3, 0.4) is 0 Å². The zero-order valence-corrected chi connectivity index (χ0v) is 26.5. The molecule has 3 aromatic rings. The van der Waals surface area contributed by atoms with Crippen LogP contribution in [0.15, 0.2) is 48.7 Å². The molecule has 10 nitrogen and oxygen atoms in total. The lowest BCUT2D eigenvalue weighted by Crippen LogP contribution is -2.44. The van der Waals surface area contributed by atoms with Gasteiger partial charge in [-0.3, -0.25) is 15.0 Å². The van der Waals surface area contributed by atoms with Crippen molar-refractivity contribution in [2.24, 2.45) is 0 Å². The molecule has 0 aliphatic carbocycles. The molecule has 3 amide bonds. The second-order valence-electron chi connectivity index (χ2n) is 10.9. The number of nitrogens with one attached hydrogen (secondary N) is 3. The van der Waals surface area contributed by atoms with Crippen molar-refractivity contribution in [1.29, 1.82) is 0 Å². The van der Waals surface area contributed by atoms with Crippen molar-refractivity contribution >= 4 is 34.1 Å². The number of hydrogen-bond acceptors (Lipinski definition) is 8. The number of piperidine rings is 1. The Morgan fingerprint density at radius 3 is 2.56 bits per heavy atom. The van der Waals surface area contributed by atoms with E-state index in [1.54, 1.807) is 37.6 Å². The Kier molecular flexibility index (Phi) is 11.8. The fourth-order valence-corrected chi connectivity index (χ4v) is 5.60. The number of thiazole rings is 1. The highest BCUT2D eigenvalue weighted by Gasteiger charge is 2.23. The number of likely N-dealkylation sites (tertiary alicyclic amines) is 1. The van der Waals surface area contributed by atoms with Gasteiger partial charge in [0.2, 0.25) is 5.06 Å². The molecule has 1 aliphatic rings. The maximum absolute atomic E-state index is 12.9. The predicted octanol–water partition coefficient (Wildman–Crippen LogP) is 6.90. The van der Waals surface area contributed by atoms with Crippen LogP contribution in [-0.4, -0.2) is 60.2 Å². The normalized spacial score (nSPS) is 15.4. The first-order chi connectivity index (χ1) is 20.8. The monoisotopic (exact) mass is 609 g/mol. The summed E-state index contributed by atoms with van der Waals surface area (Å²) in [5, 5.41) is 9.60. The smallest absolute Gasteiger partial charge is 0.319 e. The zero-order valence-electron chi connectivity index (χ0n) is 25.6. The SMILES string of the molecule is CCC(CC)NC(=O)Nc1ccc(Oc2cnc(NC(=O)c3ccc(OC4CCCN(C(C)C)C4)cc3)s2)c(COC)c1. The number of urea groups is 1. The van der Waals surface area contributed by atoms with Gasteiger partial charge >= 0.3 is 6.03 Å². The average Bonchev–Trinajstić information content (AvgIpc) is 3.44. The first kappa shape index (κ1) is 32.2. The molecule has 11 heteroatoms. The van der Waals surface area contributed by atoms with Crippen LogP contribution in [0.4, 0.5) is 15.6 Å². The summed E-state index contributed by atoms with van der Waals surface area (Å²) in [7, 11) is 1.60. The third-order valence-corrected chi connectivity index (χ3v) is 8.20. The molecule has 0 radical (unpaired) electrons. The lowest BCUT2D eigenvalue weighted by Gasteiger charge is -2.35. The molecule has 0 saturated carbocycles. The Balaban J connectivity index is 1.33. The van der Waals surface area contributed by atoms with Crippen molar-refractivity contribution in [3.05, 3.63) is 59.8 Å². The number of amides is 3. The summed E-state index contributed by atoms with van der Waals surface area (Å²) in [5.74, 6) is 1.06. The molecule has 43 heavy (non-hydrogen) atoms. The van der Waals surface area contributed by atoms with Gasteiger partial charge in [-0.15, -0.1) is 0 Å². The van der Waals surface area contributed by atoms with Crippen molar-refractivity contribution in [3.8, 4) is 16.6 Å². The Labute approximate surface area is 258 Å². The summed E-state index contributed by atoms with van der Waals surface area (Å²) in [5.41, 5.74) is 1.90. The summed E-state index contributed by atoms with van der Waals surface area (Å²) in [6, 6.07) is 12.9. The summed E-state index contributed by atoms with van der Waals surface area (Å²) >= 11 is 1.22. The van der Waals surface area contributed by atoms with E-state index in [2.05, 4.69) is 39.7 Å². The maximum atomic E-state index is 12.9. The van der Waals surface area contributed by atoms with Gasteiger partial charge in [0.1, 0.15) is 17.6 Å². The summed E-state index contributed by atoms with van der Waals surface area (Å²) < 4.78 is 17.6. The second-order valence-corrected chi connectivity index (χ2v) is 11.9. The first-order valence-corrected chi connectivity index (χ1v) is 15.7. The van der Waals surface area contributed by atoms with Crippen LogP contribution in [0.1, 0.15) is 69.3 Å². The van der Waals surface area contributed by atoms with Gasteiger partial charge in [-0.25, -0.2) is 9.78 Å². The lowest BCUT2D eigenvalue weighted by atomic mass is 10.1. The number of anilines is 2. The highest BCUT2D eigenvalue weighted by Crippen LogP contribution is 2.34. The topological polar surface area (TPSA) is 114 Å². The highest BCUT2D eigenvalue weighted by atomic mass is 32.1. The van der Waals surface area contributed by atoms with E-state index in [4.69, 9.17) is 14.2 Å². The largest absolute Gasteiger partial charge is 0.489 e. The molecule has 1 unspecified atom stereocenters. The van der Waals surface area contributed by atoms with Gasteiger partial charge in [0.15, 0.2) is 5.13 Å². The van der Waals surface area contributed by atoms with Gasteiger partial charge < -0.3 is 24.8 Å². The lowest BCUT2D eigenvalue weighted by molar-refractivity contribution is 0.0706. The fourth-order valence-electron chi connectivity index (χ4n) is 4.92. The van der Waals surface area contributed by atoms with E-state index < -0.39 is 0 Å². The molecular weight excluding hydrogens is 566 g/mol. The molecule has 0 bridgehead atoms. The van der Waals surface area contributed by atoms with Crippen LogP contribution in [0.2, 0.25) is 0 Å². The third kappa shape index (κ3) is 9.41. The van der Waals surface area contributed by atoms with Crippen LogP contribution in [0.25, 0.3) is 0 Å². The molecule has 1 aliphatic heterocycles. The minimum atomic E-state index is -0.265. The molecule has 2 aromatic carbocycles. The quantitative estimate of drug-likeness (QED) is 0.193. The number of nitrogens with zero attached hydrogens (tertiary/aromatic N) is 2. The number of carbonyl (C=O) groups excluding carboxylic acids is 2. The molecule has 1 atom stereocenters. The Morgan fingerprint density at radius 2 is 1.86 bits per heavy atom. The first-order valence-electron chi connectivity index (χ1n) is 14.9. The van der Waals surface area contributed by atoms with Crippen LogP contribution in [-0.2, 0) is 11.3 Å². The van der Waals surface area contributed by atoms with Gasteiger partial charge in [-0.2, -0.15) is 0 Å². The molecule has 0 spiro atoms. The Morgan fingerprint density at radius 1 is 1.09 bits per heavy atom. The molecular formula is C32H43N5O5S. The van der Waals surface area contributed by atoms with Gasteiger partial charge in [-0.1, -0.05) is 25.2 Å². The number of carbonyl (C=O) groups is 2. The number of aromatic nitrogens is 1. The van der Waals surface area contributed by atoms with Crippen molar-refractivity contribution in [2.75, 3.05) is 30.8 Å². The molecule has 1 fully saturated rings. The molecule has 2 heterocycles. The molecule has 1 aromatic heterocycles. The second kappa shape index (κ2) is 15.7. The predicted molar refractivity (Wildman–Crippen MR) is 171 cm³/mol. The highest BCUT2D eigenvalue weighted by molar-refractivity contribution is 7.17. The van der Waals surface area contributed by atoms with Gasteiger partial charge in [0, 0.05) is 42.6 Å². The number of methoxy groups -OCH3 is 1. The zero-order chi connectivity index (χ0) is 30.8. The number of benzene rings is 2. The van der Waals surface area contributed by atoms with E-state index in [-0.39, 0.29) is 30.7 Å². The molecule has 4 rings (SSSR count). The van der Waals surface area contributed by atoms with E-state index in [0.29, 0.717) is 33.2 Å². The fraction of sp³-hybridized carbons (Fsp3) is 0.469. The van der Waals surface area contributed by atoms with Crippen molar-refractivity contribution in [2.45, 2.75) is 78.2 Å². The number of rotatable bonds is 13. The van der Waals surface area contributed by atoms with Crippen molar-refractivity contribution in [3.63, 3.8) is 0 Å². The van der Waals surface area contributed by atoms with Gasteiger partial charge in [-0.05, 0) is 88.5 Å². The Bertz CT molecular complexity index is 1340. The minimum Gasteiger partial charge on any atom is -0.489 e. The molecule has 232 valence electrons. The average molecular weight is 610 g/mol. The van der Waals surface area contributed by atoms with Gasteiger partial charge in [0.05, 0.1) is 12.8 Å². The standard InChI is InChI=1S/C32H43N5O5S/c1-6-24(7-2)34-31(39)35-25-12-15-28(23(17-25)20-40-5)42-29-18-33-32(43-29)36-30(38)22-10-13-26(14-11-22)41-27-9-8-16-37(19-27)21(3)4/h10-15,17-18,21,24,27H,6-9,16,19-20H2,1-5H3,(H,33,36,38)(H2,34,35,39). The number of hydrogen-bond donors (Lipinski definition) is 3. The van der Waals surface area contributed by atoms with Gasteiger partial charge in [0.25, 0.3) is 5.91 Å². The summed E-state index contributed by atoms with van der Waals surface area (Å²) in [6.07, 6.45) is 5.60. The molecule has 1 saturated heterocycles. The third-order valence-electron chi connectivity index (χ3n) is 7.41. The van der Waals surface area contributed by atoms with E-state index in [1.165, 1.54) is 11.3 Å². The van der Waals surface area contributed by atoms with E-state index in [9.17, 15) is 9.59 Å². The maximum Gasteiger partial charge on any atom is 0.319 e. The van der Waals surface area contributed by atoms with E-state index in [0.717, 1.165) is 50.1 Å². The summed E-state index contributed by atoms with van der Waals surface area (Å²) in [6.45, 7) is 10.8. The van der Waals surface area contributed by atoms with Crippen molar-refractivity contribution in [1.82, 2.24) is 15.2 Å². The van der Waals surface area contributed by atoms with E-state index >= 15 is 0 Å². The van der Waals surface area contributed by atoms with Crippen LogP contribution in [0, 0.1) is 0 Å². The van der Waals surface area contributed by atoms with Crippen LogP contribution in [0.5, 0.6) is 16.6 Å². The molecule has 3 N–H and O–H groups in total. The number of ether oxygens (including phenoxy) is 3. The summed E-state index contributed by atoms with van der Waals surface area (Å²) in [4.78, 5) is 32.0.